The lowest BCUT2D eigenvalue weighted by atomic mass is 10.2. The van der Waals surface area contributed by atoms with Crippen LogP contribution in [0.5, 0.6) is 0 Å². The van der Waals surface area contributed by atoms with E-state index in [1.54, 1.807) is 0 Å². The summed E-state index contributed by atoms with van der Waals surface area (Å²) in [7, 11) is 0. The lowest BCUT2D eigenvalue weighted by Crippen LogP contribution is -2.23. The molecule has 1 aliphatic rings. The summed E-state index contributed by atoms with van der Waals surface area (Å²) in [6.45, 7) is 1.80. The fourth-order valence-corrected chi connectivity index (χ4v) is 1.75. The summed E-state index contributed by atoms with van der Waals surface area (Å²) in [5, 5.41) is 3.27. The molecule has 5 heteroatoms. The van der Waals surface area contributed by atoms with Crippen LogP contribution < -0.4 is 5.32 Å². The maximum atomic E-state index is 12.8. The zero-order valence-corrected chi connectivity index (χ0v) is 8.59. The first-order chi connectivity index (χ1) is 7.05. The van der Waals surface area contributed by atoms with E-state index in [4.69, 9.17) is 4.42 Å². The van der Waals surface area contributed by atoms with Crippen molar-refractivity contribution in [3.8, 4) is 0 Å². The second-order valence-corrected chi connectivity index (χ2v) is 4.00. The van der Waals surface area contributed by atoms with E-state index in [0.717, 1.165) is 32.5 Å². The largest absolute Gasteiger partial charge is 0.439 e. The highest BCUT2D eigenvalue weighted by atomic mass is 19.3. The van der Waals surface area contributed by atoms with Gasteiger partial charge in [-0.3, -0.25) is 0 Å². The van der Waals surface area contributed by atoms with Crippen molar-refractivity contribution in [1.29, 1.82) is 0 Å². The third kappa shape index (κ3) is 2.53. The minimum absolute atomic E-state index is 0.321. The Morgan fingerprint density at radius 1 is 1.67 bits per heavy atom. The molecule has 0 aromatic carbocycles. The molecule has 1 aromatic rings. The molecule has 0 aliphatic carbocycles. The van der Waals surface area contributed by atoms with Crippen LogP contribution >= 0.6 is 0 Å². The number of aromatic nitrogens is 1. The summed E-state index contributed by atoms with van der Waals surface area (Å²) in [5.74, 6) is -2.89. The number of hydrogen-bond acceptors (Lipinski definition) is 3. The quantitative estimate of drug-likeness (QED) is 0.840. The Bertz CT molecular complexity index is 326. The van der Waals surface area contributed by atoms with Gasteiger partial charge in [-0.15, -0.1) is 0 Å². The summed E-state index contributed by atoms with van der Waals surface area (Å²) >= 11 is 0. The Labute approximate surface area is 86.9 Å². The Balaban J connectivity index is 2.00. The van der Waals surface area contributed by atoms with Gasteiger partial charge in [-0.25, -0.2) is 4.98 Å². The molecule has 1 unspecified atom stereocenters. The minimum Gasteiger partial charge on any atom is -0.439 e. The monoisotopic (exact) mass is 216 g/mol. The van der Waals surface area contributed by atoms with Crippen LogP contribution in [0.4, 0.5) is 8.78 Å². The molecule has 2 rings (SSSR count). The summed E-state index contributed by atoms with van der Waals surface area (Å²) in [5.41, 5.74) is 0. The fourth-order valence-electron chi connectivity index (χ4n) is 1.75. The van der Waals surface area contributed by atoms with Gasteiger partial charge in [0.2, 0.25) is 0 Å². The first kappa shape index (κ1) is 10.5. The first-order valence-corrected chi connectivity index (χ1v) is 5.12. The molecule has 1 atom stereocenters. The van der Waals surface area contributed by atoms with E-state index in [9.17, 15) is 8.78 Å². The summed E-state index contributed by atoms with van der Waals surface area (Å²) in [6, 6.07) is 0.321. The zero-order valence-electron chi connectivity index (χ0n) is 8.59. The van der Waals surface area contributed by atoms with Crippen LogP contribution in [0.25, 0.3) is 0 Å². The maximum Gasteiger partial charge on any atom is 0.303 e. The van der Waals surface area contributed by atoms with Crippen LogP contribution in [-0.2, 0) is 12.3 Å². The molecule has 3 nitrogen and oxygen atoms in total. The number of alkyl halides is 2. The van der Waals surface area contributed by atoms with Crippen molar-refractivity contribution < 1.29 is 13.2 Å². The zero-order chi connectivity index (χ0) is 10.9. The molecule has 0 spiro atoms. The van der Waals surface area contributed by atoms with Crippen molar-refractivity contribution in [2.24, 2.45) is 0 Å². The third-order valence-electron chi connectivity index (χ3n) is 2.57. The van der Waals surface area contributed by atoms with Gasteiger partial charge in [-0.1, -0.05) is 0 Å². The fraction of sp³-hybridized carbons (Fsp3) is 0.700. The van der Waals surface area contributed by atoms with Crippen molar-refractivity contribution >= 4 is 0 Å². The van der Waals surface area contributed by atoms with Crippen molar-refractivity contribution in [3.05, 3.63) is 17.8 Å². The second kappa shape index (κ2) is 3.89. The molecular formula is C10H14F2N2O. The number of halogens is 2. The summed E-state index contributed by atoms with van der Waals surface area (Å²) < 4.78 is 30.7. The van der Waals surface area contributed by atoms with E-state index < -0.39 is 5.92 Å². The smallest absolute Gasteiger partial charge is 0.303 e. The van der Waals surface area contributed by atoms with Gasteiger partial charge >= 0.3 is 5.92 Å². The van der Waals surface area contributed by atoms with E-state index >= 15 is 0 Å². The number of nitrogens with zero attached hydrogens (tertiary/aromatic N) is 1. The molecule has 2 heterocycles. The lowest BCUT2D eigenvalue weighted by molar-refractivity contribution is -0.00633. The van der Waals surface area contributed by atoms with Gasteiger partial charge in [0.15, 0.2) is 11.7 Å². The molecule has 84 valence electrons. The standard InChI is InChI=1S/C10H14F2N2O/c1-10(11,12)8-6-14-9(15-8)5-7-3-2-4-13-7/h6-7,13H,2-5H2,1H3. The average Bonchev–Trinajstić information content (AvgIpc) is 2.73. The van der Waals surface area contributed by atoms with E-state index in [0.29, 0.717) is 18.4 Å². The van der Waals surface area contributed by atoms with Crippen molar-refractivity contribution in [2.75, 3.05) is 6.54 Å². The van der Waals surface area contributed by atoms with Gasteiger partial charge in [-0.05, 0) is 19.4 Å². The van der Waals surface area contributed by atoms with Crippen LogP contribution in [0.15, 0.2) is 10.6 Å². The van der Waals surface area contributed by atoms with E-state index in [1.165, 1.54) is 0 Å². The van der Waals surface area contributed by atoms with Crippen LogP contribution in [0, 0.1) is 0 Å². The van der Waals surface area contributed by atoms with Gasteiger partial charge in [0.05, 0.1) is 6.20 Å². The molecular weight excluding hydrogens is 202 g/mol. The first-order valence-electron chi connectivity index (χ1n) is 5.12. The Morgan fingerprint density at radius 2 is 2.47 bits per heavy atom. The number of rotatable bonds is 3. The Kier molecular flexibility index (Phi) is 2.73. The maximum absolute atomic E-state index is 12.8. The lowest BCUT2D eigenvalue weighted by Gasteiger charge is -2.07. The number of oxazole rings is 1. The van der Waals surface area contributed by atoms with Crippen LogP contribution in [0.1, 0.15) is 31.4 Å². The SMILES string of the molecule is CC(F)(F)c1cnc(CC2CCCN2)o1. The van der Waals surface area contributed by atoms with Gasteiger partial charge in [0.25, 0.3) is 0 Å². The number of nitrogens with one attached hydrogen (secondary N) is 1. The normalized spacial score (nSPS) is 22.2. The molecule has 0 radical (unpaired) electrons. The molecule has 1 saturated heterocycles. The van der Waals surface area contributed by atoms with E-state index in [2.05, 4.69) is 10.3 Å². The second-order valence-electron chi connectivity index (χ2n) is 4.00. The van der Waals surface area contributed by atoms with Gasteiger partial charge in [0.1, 0.15) is 0 Å². The van der Waals surface area contributed by atoms with Gasteiger partial charge in [-0.2, -0.15) is 8.78 Å². The highest BCUT2D eigenvalue weighted by molar-refractivity contribution is 5.01. The molecule has 1 aliphatic heterocycles. The van der Waals surface area contributed by atoms with E-state index in [-0.39, 0.29) is 5.76 Å². The summed E-state index contributed by atoms with van der Waals surface area (Å²) in [6.07, 6.45) is 3.89. The predicted molar refractivity (Wildman–Crippen MR) is 50.8 cm³/mol. The molecule has 1 N–H and O–H groups in total. The molecule has 1 aromatic heterocycles. The Hall–Kier alpha value is -0.970. The minimum atomic E-state index is -2.94. The molecule has 0 amide bonds. The highest BCUT2D eigenvalue weighted by Gasteiger charge is 2.29. The average molecular weight is 216 g/mol. The predicted octanol–water partition coefficient (Wildman–Crippen LogP) is 2.08. The van der Waals surface area contributed by atoms with Gasteiger partial charge in [0, 0.05) is 19.4 Å². The highest BCUT2D eigenvalue weighted by Crippen LogP contribution is 2.27. The molecule has 1 fully saturated rings. The van der Waals surface area contributed by atoms with Crippen LogP contribution in [-0.4, -0.2) is 17.6 Å². The van der Waals surface area contributed by atoms with Crippen molar-refractivity contribution in [3.63, 3.8) is 0 Å². The third-order valence-corrected chi connectivity index (χ3v) is 2.57. The molecule has 0 bridgehead atoms. The molecule has 0 saturated carbocycles. The molecule has 15 heavy (non-hydrogen) atoms. The van der Waals surface area contributed by atoms with Crippen LogP contribution in [0.3, 0.4) is 0 Å². The van der Waals surface area contributed by atoms with E-state index in [1.807, 2.05) is 0 Å². The van der Waals surface area contributed by atoms with Crippen molar-refractivity contribution in [2.45, 2.75) is 38.2 Å². The number of hydrogen-bond donors (Lipinski definition) is 1. The topological polar surface area (TPSA) is 38.1 Å². The van der Waals surface area contributed by atoms with Gasteiger partial charge < -0.3 is 9.73 Å². The van der Waals surface area contributed by atoms with Crippen molar-refractivity contribution in [1.82, 2.24) is 10.3 Å². The Morgan fingerprint density at radius 3 is 3.00 bits per heavy atom. The summed E-state index contributed by atoms with van der Waals surface area (Å²) in [4.78, 5) is 3.86. The van der Waals surface area contributed by atoms with Crippen LogP contribution in [0.2, 0.25) is 0 Å².